The molecule has 0 saturated carbocycles. The Labute approximate surface area is 125 Å². The van der Waals surface area contributed by atoms with Crippen LogP contribution < -0.4 is 10.6 Å². The Balaban J connectivity index is 2.17. The predicted molar refractivity (Wildman–Crippen MR) is 79.7 cm³/mol. The van der Waals surface area contributed by atoms with Gasteiger partial charge in [-0.1, -0.05) is 12.8 Å². The number of ether oxygens (including phenoxy) is 1. The highest BCUT2D eigenvalue weighted by Gasteiger charge is 2.30. The Bertz CT molecular complexity index is 426. The first-order valence-corrected chi connectivity index (χ1v) is 7.82. The van der Waals surface area contributed by atoms with Gasteiger partial charge in [0.1, 0.15) is 0 Å². The van der Waals surface area contributed by atoms with Gasteiger partial charge in [-0.25, -0.2) is 9.59 Å². The van der Waals surface area contributed by atoms with E-state index in [9.17, 15) is 9.59 Å². The molecule has 0 bridgehead atoms. The lowest BCUT2D eigenvalue weighted by atomic mass is 10.0. The summed E-state index contributed by atoms with van der Waals surface area (Å²) in [6.07, 6.45) is 4.85. The van der Waals surface area contributed by atoms with Crippen LogP contribution >= 0.6 is 0 Å². The number of urea groups is 1. The van der Waals surface area contributed by atoms with Crippen LogP contribution in [0.25, 0.3) is 0 Å². The molecule has 1 saturated heterocycles. The average Bonchev–Trinajstić information content (AvgIpc) is 2.66. The fraction of sp³-hybridized carbons (Fsp3) is 0.733. The van der Waals surface area contributed by atoms with Gasteiger partial charge in [-0.3, -0.25) is 4.90 Å². The summed E-state index contributed by atoms with van der Waals surface area (Å²) < 4.78 is 5.12. The van der Waals surface area contributed by atoms with Crippen molar-refractivity contribution in [3.05, 3.63) is 11.3 Å². The molecule has 2 N–H and O–H groups in total. The Morgan fingerprint density at radius 2 is 1.95 bits per heavy atom. The van der Waals surface area contributed by atoms with Crippen molar-refractivity contribution in [3.8, 4) is 0 Å². The summed E-state index contributed by atoms with van der Waals surface area (Å²) in [6, 6.07) is -0.569. The monoisotopic (exact) mass is 295 g/mol. The van der Waals surface area contributed by atoms with Gasteiger partial charge in [0.15, 0.2) is 0 Å². The van der Waals surface area contributed by atoms with Gasteiger partial charge in [0.05, 0.1) is 18.2 Å². The van der Waals surface area contributed by atoms with Crippen LogP contribution in [0.2, 0.25) is 0 Å². The predicted octanol–water partition coefficient (Wildman–Crippen LogP) is 1.38. The number of nitrogens with one attached hydrogen (secondary N) is 2. The van der Waals surface area contributed by atoms with Gasteiger partial charge in [0.2, 0.25) is 0 Å². The molecule has 0 radical (unpaired) electrons. The second-order valence-electron chi connectivity index (χ2n) is 5.62. The number of esters is 1. The molecule has 0 aliphatic carbocycles. The summed E-state index contributed by atoms with van der Waals surface area (Å²) in [4.78, 5) is 26.1. The minimum absolute atomic E-state index is 0.250. The van der Waals surface area contributed by atoms with E-state index >= 15 is 0 Å². The van der Waals surface area contributed by atoms with Crippen molar-refractivity contribution in [1.29, 1.82) is 0 Å². The molecule has 1 unspecified atom stereocenters. The third kappa shape index (κ3) is 4.20. The Kier molecular flexibility index (Phi) is 5.61. The Hall–Kier alpha value is -1.56. The molecule has 0 aromatic heterocycles. The number of hydrogen-bond donors (Lipinski definition) is 2. The standard InChI is InChI=1S/C15H25N3O3/c1-3-21-14(19)13-11(2)16-15(20)17-12(13)10-18-8-6-4-5-7-9-18/h11H,3-10H2,1-2H3,(H2,16,17,20). The Morgan fingerprint density at radius 1 is 1.29 bits per heavy atom. The van der Waals surface area contributed by atoms with E-state index in [1.54, 1.807) is 6.92 Å². The molecule has 2 amide bonds. The second kappa shape index (κ2) is 7.45. The van der Waals surface area contributed by atoms with Crippen molar-refractivity contribution in [3.63, 3.8) is 0 Å². The van der Waals surface area contributed by atoms with E-state index in [1.807, 2.05) is 6.92 Å². The van der Waals surface area contributed by atoms with Gasteiger partial charge >= 0.3 is 12.0 Å². The first kappa shape index (κ1) is 15.8. The van der Waals surface area contributed by atoms with Crippen molar-refractivity contribution in [2.75, 3.05) is 26.2 Å². The highest BCUT2D eigenvalue weighted by atomic mass is 16.5. The lowest BCUT2D eigenvalue weighted by molar-refractivity contribution is -0.139. The Morgan fingerprint density at radius 3 is 2.57 bits per heavy atom. The zero-order valence-corrected chi connectivity index (χ0v) is 12.9. The maximum Gasteiger partial charge on any atom is 0.337 e. The highest BCUT2D eigenvalue weighted by molar-refractivity contribution is 5.94. The number of carbonyl (C=O) groups excluding carboxylic acids is 2. The summed E-state index contributed by atoms with van der Waals surface area (Å²) in [5.74, 6) is -0.345. The average molecular weight is 295 g/mol. The zero-order valence-electron chi connectivity index (χ0n) is 12.9. The van der Waals surface area contributed by atoms with Crippen molar-refractivity contribution < 1.29 is 14.3 Å². The summed E-state index contributed by atoms with van der Waals surface area (Å²) in [5, 5.41) is 5.51. The number of hydrogen-bond acceptors (Lipinski definition) is 4. The molecule has 0 aromatic rings. The van der Waals surface area contributed by atoms with Crippen LogP contribution in [0.1, 0.15) is 39.5 Å². The molecule has 6 nitrogen and oxygen atoms in total. The van der Waals surface area contributed by atoms with Crippen LogP contribution in [0.3, 0.4) is 0 Å². The molecule has 2 aliphatic rings. The SMILES string of the molecule is CCOC(=O)C1=C(CN2CCCCCC2)NC(=O)NC1C. The van der Waals surface area contributed by atoms with Gasteiger partial charge in [0.25, 0.3) is 0 Å². The molecule has 2 heterocycles. The molecule has 2 aliphatic heterocycles. The van der Waals surface area contributed by atoms with E-state index in [-0.39, 0.29) is 18.0 Å². The molecule has 2 rings (SSSR count). The van der Waals surface area contributed by atoms with Gasteiger partial charge in [0, 0.05) is 12.2 Å². The van der Waals surface area contributed by atoms with Crippen molar-refractivity contribution in [2.45, 2.75) is 45.6 Å². The molecule has 1 atom stereocenters. The summed E-state index contributed by atoms with van der Waals surface area (Å²) in [6.45, 7) is 6.56. The maximum atomic E-state index is 12.1. The molecule has 1 fully saturated rings. The molecular weight excluding hydrogens is 270 g/mol. The van der Waals surface area contributed by atoms with Crippen molar-refractivity contribution in [1.82, 2.24) is 15.5 Å². The fourth-order valence-corrected chi connectivity index (χ4v) is 2.92. The first-order valence-electron chi connectivity index (χ1n) is 7.82. The molecule has 0 spiro atoms. The second-order valence-corrected chi connectivity index (χ2v) is 5.62. The summed E-state index contributed by atoms with van der Waals surface area (Å²) in [5.41, 5.74) is 1.23. The fourth-order valence-electron chi connectivity index (χ4n) is 2.92. The smallest absolute Gasteiger partial charge is 0.337 e. The van der Waals surface area contributed by atoms with E-state index in [0.29, 0.717) is 24.4 Å². The molecule has 118 valence electrons. The van der Waals surface area contributed by atoms with Crippen molar-refractivity contribution >= 4 is 12.0 Å². The van der Waals surface area contributed by atoms with Crippen LogP contribution in [-0.2, 0) is 9.53 Å². The number of likely N-dealkylation sites (tertiary alicyclic amines) is 1. The largest absolute Gasteiger partial charge is 0.463 e. The van der Waals surface area contributed by atoms with E-state index in [1.165, 1.54) is 25.7 Å². The lowest BCUT2D eigenvalue weighted by Crippen LogP contribution is -2.51. The summed E-state index contributed by atoms with van der Waals surface area (Å²) in [7, 11) is 0. The van der Waals surface area contributed by atoms with E-state index in [2.05, 4.69) is 15.5 Å². The normalized spacial score (nSPS) is 24.1. The van der Waals surface area contributed by atoms with E-state index in [0.717, 1.165) is 13.1 Å². The van der Waals surface area contributed by atoms with E-state index in [4.69, 9.17) is 4.74 Å². The number of rotatable bonds is 4. The van der Waals surface area contributed by atoms with E-state index < -0.39 is 0 Å². The minimum atomic E-state index is -0.345. The lowest BCUT2D eigenvalue weighted by Gasteiger charge is -2.30. The van der Waals surface area contributed by atoms with Crippen LogP contribution in [0.15, 0.2) is 11.3 Å². The molecule has 21 heavy (non-hydrogen) atoms. The zero-order chi connectivity index (χ0) is 15.2. The quantitative estimate of drug-likeness (QED) is 0.769. The van der Waals surface area contributed by atoms with Crippen LogP contribution in [0.5, 0.6) is 0 Å². The van der Waals surface area contributed by atoms with Gasteiger partial charge < -0.3 is 15.4 Å². The highest BCUT2D eigenvalue weighted by Crippen LogP contribution is 2.17. The number of amides is 2. The molecule has 6 heteroatoms. The molecule has 0 aromatic carbocycles. The number of carbonyl (C=O) groups is 2. The third-order valence-electron chi connectivity index (χ3n) is 3.95. The van der Waals surface area contributed by atoms with Crippen LogP contribution in [0, 0.1) is 0 Å². The van der Waals surface area contributed by atoms with Crippen molar-refractivity contribution in [2.24, 2.45) is 0 Å². The van der Waals surface area contributed by atoms with Crippen LogP contribution in [0.4, 0.5) is 4.79 Å². The van der Waals surface area contributed by atoms with Gasteiger partial charge in [-0.2, -0.15) is 0 Å². The first-order chi connectivity index (χ1) is 10.1. The van der Waals surface area contributed by atoms with Gasteiger partial charge in [-0.05, 0) is 39.8 Å². The third-order valence-corrected chi connectivity index (χ3v) is 3.95. The summed E-state index contributed by atoms with van der Waals surface area (Å²) >= 11 is 0. The topological polar surface area (TPSA) is 70.7 Å². The van der Waals surface area contributed by atoms with Crippen LogP contribution in [-0.4, -0.2) is 49.2 Å². The maximum absolute atomic E-state index is 12.1. The molecular formula is C15H25N3O3. The van der Waals surface area contributed by atoms with Gasteiger partial charge in [-0.15, -0.1) is 0 Å². The minimum Gasteiger partial charge on any atom is -0.463 e. The number of nitrogens with zero attached hydrogens (tertiary/aromatic N) is 1.